The quantitative estimate of drug-likeness (QED) is 0.630. The highest BCUT2D eigenvalue weighted by Gasteiger charge is 2.13. The van der Waals surface area contributed by atoms with E-state index in [4.69, 9.17) is 32.7 Å². The molecule has 0 aromatic heterocycles. The van der Waals surface area contributed by atoms with Crippen LogP contribution < -0.4 is 9.47 Å². The summed E-state index contributed by atoms with van der Waals surface area (Å²) in [5.74, 6) is 0.436. The number of allylic oxidation sites excluding steroid dienone is 1. The second kappa shape index (κ2) is 7.40. The summed E-state index contributed by atoms with van der Waals surface area (Å²) >= 11 is 11.7. The third-order valence-corrected chi connectivity index (χ3v) is 3.63. The monoisotopic (exact) mass is 352 g/mol. The van der Waals surface area contributed by atoms with Crippen LogP contribution in [0.2, 0.25) is 10.0 Å². The molecule has 0 bridgehead atoms. The van der Waals surface area contributed by atoms with Crippen molar-refractivity contribution in [1.29, 1.82) is 0 Å². The maximum absolute atomic E-state index is 12.2. The second-order valence-electron chi connectivity index (χ2n) is 4.60. The van der Waals surface area contributed by atoms with Crippen molar-refractivity contribution in [3.8, 4) is 17.2 Å². The average molecular weight is 353 g/mol. The van der Waals surface area contributed by atoms with Gasteiger partial charge in [0.1, 0.15) is 5.75 Å². The minimum atomic E-state index is -0.415. The molecule has 0 heterocycles. The molecule has 0 aliphatic heterocycles. The first-order chi connectivity index (χ1) is 11.0. The van der Waals surface area contributed by atoms with E-state index in [9.17, 15) is 9.90 Å². The summed E-state index contributed by atoms with van der Waals surface area (Å²) in [6, 6.07) is 7.97. The van der Waals surface area contributed by atoms with Crippen LogP contribution in [-0.4, -0.2) is 25.1 Å². The van der Waals surface area contributed by atoms with Gasteiger partial charge in [0, 0.05) is 5.02 Å². The minimum absolute atomic E-state index is 0.0281. The van der Waals surface area contributed by atoms with Gasteiger partial charge in [0.25, 0.3) is 0 Å². The van der Waals surface area contributed by atoms with E-state index in [1.54, 1.807) is 31.4 Å². The van der Waals surface area contributed by atoms with Crippen molar-refractivity contribution in [3.63, 3.8) is 0 Å². The van der Waals surface area contributed by atoms with Crippen LogP contribution in [0.5, 0.6) is 17.2 Å². The topological polar surface area (TPSA) is 55.8 Å². The van der Waals surface area contributed by atoms with E-state index in [0.717, 1.165) is 5.56 Å². The SMILES string of the molecule is COc1ccc(/C=C\C(=O)c2cc(Cl)cc(Cl)c2O)cc1OC. The van der Waals surface area contributed by atoms with Crippen molar-refractivity contribution >= 4 is 35.1 Å². The first kappa shape index (κ1) is 17.2. The minimum Gasteiger partial charge on any atom is -0.506 e. The van der Waals surface area contributed by atoms with Gasteiger partial charge in [-0.3, -0.25) is 4.79 Å². The Morgan fingerprint density at radius 2 is 1.78 bits per heavy atom. The number of halogens is 2. The van der Waals surface area contributed by atoms with E-state index in [1.807, 2.05) is 0 Å². The molecule has 0 unspecified atom stereocenters. The number of carbonyl (C=O) groups is 1. The van der Waals surface area contributed by atoms with Gasteiger partial charge in [-0.25, -0.2) is 0 Å². The third-order valence-electron chi connectivity index (χ3n) is 3.13. The van der Waals surface area contributed by atoms with E-state index in [0.29, 0.717) is 11.5 Å². The smallest absolute Gasteiger partial charge is 0.189 e. The molecule has 120 valence electrons. The van der Waals surface area contributed by atoms with Gasteiger partial charge >= 0.3 is 0 Å². The lowest BCUT2D eigenvalue weighted by molar-refractivity contribution is 0.104. The van der Waals surface area contributed by atoms with Crippen molar-refractivity contribution in [2.75, 3.05) is 14.2 Å². The Morgan fingerprint density at radius 1 is 1.09 bits per heavy atom. The van der Waals surface area contributed by atoms with Crippen LogP contribution in [0.1, 0.15) is 15.9 Å². The number of phenols is 1. The van der Waals surface area contributed by atoms with Crippen LogP contribution in [0.4, 0.5) is 0 Å². The number of aromatic hydroxyl groups is 1. The molecule has 0 aliphatic rings. The van der Waals surface area contributed by atoms with Crippen LogP contribution in [-0.2, 0) is 0 Å². The first-order valence-electron chi connectivity index (χ1n) is 6.58. The number of benzene rings is 2. The molecule has 0 saturated heterocycles. The van der Waals surface area contributed by atoms with Gasteiger partial charge in [0.05, 0.1) is 24.8 Å². The summed E-state index contributed by atoms with van der Waals surface area (Å²) in [6.07, 6.45) is 2.92. The van der Waals surface area contributed by atoms with Gasteiger partial charge in [-0.2, -0.15) is 0 Å². The lowest BCUT2D eigenvalue weighted by atomic mass is 10.1. The Kier molecular flexibility index (Phi) is 5.53. The van der Waals surface area contributed by atoms with Crippen LogP contribution >= 0.6 is 23.2 Å². The molecule has 2 aromatic carbocycles. The molecule has 23 heavy (non-hydrogen) atoms. The molecule has 0 atom stereocenters. The number of ether oxygens (including phenoxy) is 2. The Balaban J connectivity index is 2.28. The van der Waals surface area contributed by atoms with Crippen molar-refractivity contribution in [2.45, 2.75) is 0 Å². The number of ketones is 1. The number of hydrogen-bond donors (Lipinski definition) is 1. The maximum atomic E-state index is 12.2. The Morgan fingerprint density at radius 3 is 2.43 bits per heavy atom. The number of carbonyl (C=O) groups excluding carboxylic acids is 1. The van der Waals surface area contributed by atoms with Crippen molar-refractivity contribution in [3.05, 3.63) is 57.6 Å². The molecule has 6 heteroatoms. The van der Waals surface area contributed by atoms with Gasteiger partial charge < -0.3 is 14.6 Å². The van der Waals surface area contributed by atoms with E-state index >= 15 is 0 Å². The van der Waals surface area contributed by atoms with Crippen LogP contribution in [0, 0.1) is 0 Å². The van der Waals surface area contributed by atoms with Gasteiger partial charge in [0.2, 0.25) is 0 Å². The molecule has 2 aromatic rings. The summed E-state index contributed by atoms with van der Waals surface area (Å²) in [4.78, 5) is 12.2. The van der Waals surface area contributed by atoms with E-state index < -0.39 is 5.78 Å². The molecule has 0 fully saturated rings. The zero-order valence-corrected chi connectivity index (χ0v) is 14.0. The highest BCUT2D eigenvalue weighted by atomic mass is 35.5. The van der Waals surface area contributed by atoms with E-state index in [1.165, 1.54) is 25.3 Å². The molecular weight excluding hydrogens is 339 g/mol. The normalized spacial score (nSPS) is 10.8. The fraction of sp³-hybridized carbons (Fsp3) is 0.118. The summed E-state index contributed by atoms with van der Waals surface area (Å²) in [6.45, 7) is 0. The second-order valence-corrected chi connectivity index (χ2v) is 5.44. The molecule has 0 aliphatic carbocycles. The fourth-order valence-electron chi connectivity index (χ4n) is 1.97. The molecule has 4 nitrogen and oxygen atoms in total. The average Bonchev–Trinajstić information content (AvgIpc) is 2.55. The number of methoxy groups -OCH3 is 2. The predicted molar refractivity (Wildman–Crippen MR) is 91.0 cm³/mol. The van der Waals surface area contributed by atoms with Gasteiger partial charge in [-0.1, -0.05) is 35.3 Å². The molecule has 0 spiro atoms. The van der Waals surface area contributed by atoms with Crippen molar-refractivity contribution in [2.24, 2.45) is 0 Å². The number of rotatable bonds is 5. The molecule has 0 radical (unpaired) electrons. The fourth-order valence-corrected chi connectivity index (χ4v) is 2.47. The summed E-state index contributed by atoms with van der Waals surface area (Å²) in [7, 11) is 3.07. The number of hydrogen-bond acceptors (Lipinski definition) is 4. The standard InChI is InChI=1S/C17H14Cl2O4/c1-22-15-6-4-10(7-16(15)23-2)3-5-14(20)12-8-11(18)9-13(19)17(12)21/h3-9,21H,1-2H3/b5-3-. The predicted octanol–water partition coefficient (Wildman–Crippen LogP) is 4.61. The third kappa shape index (κ3) is 3.97. The van der Waals surface area contributed by atoms with Crippen molar-refractivity contribution < 1.29 is 19.4 Å². The largest absolute Gasteiger partial charge is 0.506 e. The van der Waals surface area contributed by atoms with Gasteiger partial charge in [-0.05, 0) is 35.9 Å². The van der Waals surface area contributed by atoms with Gasteiger partial charge in [0.15, 0.2) is 17.3 Å². The van der Waals surface area contributed by atoms with E-state index in [-0.39, 0.29) is 21.4 Å². The van der Waals surface area contributed by atoms with Crippen LogP contribution in [0.3, 0.4) is 0 Å². The Labute approximate surface area is 143 Å². The van der Waals surface area contributed by atoms with Gasteiger partial charge in [-0.15, -0.1) is 0 Å². The Hall–Kier alpha value is -2.17. The highest BCUT2D eigenvalue weighted by molar-refractivity contribution is 6.36. The van der Waals surface area contributed by atoms with Crippen LogP contribution in [0.25, 0.3) is 6.08 Å². The molecule has 1 N–H and O–H groups in total. The van der Waals surface area contributed by atoms with Crippen LogP contribution in [0.15, 0.2) is 36.4 Å². The summed E-state index contributed by atoms with van der Waals surface area (Å²) in [5.41, 5.74) is 0.780. The zero-order chi connectivity index (χ0) is 17.0. The highest BCUT2D eigenvalue weighted by Crippen LogP contribution is 2.32. The maximum Gasteiger partial charge on any atom is 0.189 e. The first-order valence-corrected chi connectivity index (χ1v) is 7.34. The molecule has 2 rings (SSSR count). The molecule has 0 saturated carbocycles. The van der Waals surface area contributed by atoms with E-state index in [2.05, 4.69) is 0 Å². The lowest BCUT2D eigenvalue weighted by Gasteiger charge is -2.07. The number of phenolic OH excluding ortho intramolecular Hbond substituents is 1. The zero-order valence-electron chi connectivity index (χ0n) is 12.5. The lowest BCUT2D eigenvalue weighted by Crippen LogP contribution is -1.96. The molecule has 0 amide bonds. The summed E-state index contributed by atoms with van der Waals surface area (Å²) < 4.78 is 10.3. The summed E-state index contributed by atoms with van der Waals surface area (Å²) in [5, 5.41) is 10.2. The van der Waals surface area contributed by atoms with Crippen molar-refractivity contribution in [1.82, 2.24) is 0 Å². The Bertz CT molecular complexity index is 769. The molecular formula is C17H14Cl2O4.